The number of hydrogen-bond acceptors (Lipinski definition) is 5. The molecule has 9 heteroatoms. The predicted molar refractivity (Wildman–Crippen MR) is 94.5 cm³/mol. The number of imide groups is 2. The van der Waals surface area contributed by atoms with E-state index in [-0.39, 0.29) is 16.9 Å². The van der Waals surface area contributed by atoms with Crippen LogP contribution in [0, 0.1) is 5.92 Å². The normalized spacial score (nSPS) is 16.7. The van der Waals surface area contributed by atoms with E-state index in [1.807, 2.05) is 5.32 Å². The molecule has 1 atom stereocenters. The lowest BCUT2D eigenvalue weighted by molar-refractivity contribution is -0.139. The van der Waals surface area contributed by atoms with Crippen molar-refractivity contribution >= 4 is 41.0 Å². The Morgan fingerprint density at radius 2 is 1.59 bits per heavy atom. The van der Waals surface area contributed by atoms with Gasteiger partial charge in [-0.3, -0.25) is 24.5 Å². The van der Waals surface area contributed by atoms with Crippen molar-refractivity contribution in [3.8, 4) is 0 Å². The van der Waals surface area contributed by atoms with Gasteiger partial charge in [-0.15, -0.1) is 0 Å². The predicted octanol–water partition coefficient (Wildman–Crippen LogP) is 0.623. The lowest BCUT2D eigenvalue weighted by atomic mass is 10.0. The van der Waals surface area contributed by atoms with Crippen molar-refractivity contribution in [2.45, 2.75) is 0 Å². The van der Waals surface area contributed by atoms with Gasteiger partial charge in [0.2, 0.25) is 17.7 Å². The largest absolute Gasteiger partial charge is 0.366 e. The number of nitrogens with zero attached hydrogens (tertiary/aromatic N) is 1. The molecule has 136 valence electrons. The molecule has 1 aliphatic heterocycles. The van der Waals surface area contributed by atoms with Crippen LogP contribution in [0.4, 0.5) is 16.2 Å². The minimum atomic E-state index is -1.74. The Hall–Kier alpha value is -4.01. The van der Waals surface area contributed by atoms with E-state index in [1.54, 1.807) is 18.2 Å². The number of primary amides is 1. The summed E-state index contributed by atoms with van der Waals surface area (Å²) in [6, 6.07) is 12.6. The third-order valence-corrected chi connectivity index (χ3v) is 3.88. The first-order valence-electron chi connectivity index (χ1n) is 7.83. The summed E-state index contributed by atoms with van der Waals surface area (Å²) in [5.41, 5.74) is 5.87. The molecular formula is C18H14N4O5. The molecule has 0 aliphatic carbocycles. The number of benzene rings is 2. The maximum Gasteiger partial charge on any atom is 0.335 e. The number of nitrogens with two attached hydrogens (primary N) is 1. The number of hydrogen-bond donors (Lipinski definition) is 3. The molecule has 0 spiro atoms. The highest BCUT2D eigenvalue weighted by molar-refractivity contribution is 6.35. The lowest BCUT2D eigenvalue weighted by Gasteiger charge is -2.29. The number of barbiturate groups is 1. The van der Waals surface area contributed by atoms with Gasteiger partial charge in [-0.05, 0) is 36.4 Å². The number of amides is 6. The second-order valence-corrected chi connectivity index (χ2v) is 5.67. The van der Waals surface area contributed by atoms with Crippen LogP contribution >= 0.6 is 0 Å². The van der Waals surface area contributed by atoms with Crippen molar-refractivity contribution in [3.05, 3.63) is 60.2 Å². The van der Waals surface area contributed by atoms with Gasteiger partial charge in [-0.25, -0.2) is 9.69 Å². The number of carbonyl (C=O) groups excluding carboxylic acids is 5. The molecule has 0 saturated carbocycles. The van der Waals surface area contributed by atoms with Crippen molar-refractivity contribution in [3.63, 3.8) is 0 Å². The van der Waals surface area contributed by atoms with Crippen LogP contribution in [-0.2, 0) is 14.4 Å². The third-order valence-electron chi connectivity index (χ3n) is 3.88. The molecule has 1 fully saturated rings. The van der Waals surface area contributed by atoms with Gasteiger partial charge < -0.3 is 11.1 Å². The second kappa shape index (κ2) is 7.08. The van der Waals surface area contributed by atoms with Gasteiger partial charge in [-0.2, -0.15) is 0 Å². The zero-order valence-corrected chi connectivity index (χ0v) is 13.8. The minimum Gasteiger partial charge on any atom is -0.366 e. The quantitative estimate of drug-likeness (QED) is 0.681. The smallest absolute Gasteiger partial charge is 0.335 e. The van der Waals surface area contributed by atoms with Crippen molar-refractivity contribution < 1.29 is 24.0 Å². The minimum absolute atomic E-state index is 0.233. The second-order valence-electron chi connectivity index (χ2n) is 5.67. The molecule has 9 nitrogen and oxygen atoms in total. The Labute approximate surface area is 153 Å². The Morgan fingerprint density at radius 1 is 0.963 bits per heavy atom. The highest BCUT2D eigenvalue weighted by Gasteiger charge is 2.45. The number of nitrogens with one attached hydrogen (secondary N) is 2. The van der Waals surface area contributed by atoms with E-state index >= 15 is 0 Å². The highest BCUT2D eigenvalue weighted by atomic mass is 16.2. The van der Waals surface area contributed by atoms with Crippen LogP contribution in [0.3, 0.4) is 0 Å². The van der Waals surface area contributed by atoms with Gasteiger partial charge in [0.25, 0.3) is 5.91 Å². The van der Waals surface area contributed by atoms with E-state index in [0.717, 1.165) is 4.90 Å². The van der Waals surface area contributed by atoms with Crippen LogP contribution < -0.4 is 21.3 Å². The molecular weight excluding hydrogens is 352 g/mol. The zero-order valence-electron chi connectivity index (χ0n) is 13.8. The van der Waals surface area contributed by atoms with E-state index in [4.69, 9.17) is 5.73 Å². The molecule has 1 aliphatic rings. The van der Waals surface area contributed by atoms with Gasteiger partial charge in [-0.1, -0.05) is 18.2 Å². The summed E-state index contributed by atoms with van der Waals surface area (Å²) in [4.78, 5) is 61.0. The van der Waals surface area contributed by atoms with E-state index in [1.165, 1.54) is 36.4 Å². The van der Waals surface area contributed by atoms with Crippen molar-refractivity contribution in [1.29, 1.82) is 0 Å². The molecule has 0 aromatic heterocycles. The summed E-state index contributed by atoms with van der Waals surface area (Å²) in [6.45, 7) is 0. The number of para-hydroxylation sites is 1. The molecule has 1 saturated heterocycles. The zero-order chi connectivity index (χ0) is 19.6. The van der Waals surface area contributed by atoms with Crippen molar-refractivity contribution in [2.75, 3.05) is 10.2 Å². The SMILES string of the molecule is NC(=O)c1ccc(NC(=O)C2C(=O)NC(=O)N(c3ccccc3)C2=O)cc1. The molecule has 2 aromatic carbocycles. The Balaban J connectivity index is 1.82. The van der Waals surface area contributed by atoms with Crippen LogP contribution in [-0.4, -0.2) is 29.7 Å². The molecule has 0 radical (unpaired) electrons. The summed E-state index contributed by atoms with van der Waals surface area (Å²) >= 11 is 0. The first-order chi connectivity index (χ1) is 12.9. The van der Waals surface area contributed by atoms with Gasteiger partial charge in [0.05, 0.1) is 5.69 Å². The molecule has 1 unspecified atom stereocenters. The van der Waals surface area contributed by atoms with Crippen molar-refractivity contribution in [1.82, 2.24) is 5.32 Å². The average Bonchev–Trinajstić information content (AvgIpc) is 2.62. The lowest BCUT2D eigenvalue weighted by Crippen LogP contribution is -2.61. The number of urea groups is 1. The summed E-state index contributed by atoms with van der Waals surface area (Å²) in [5.74, 6) is -5.24. The Bertz CT molecular complexity index is 940. The maximum atomic E-state index is 12.6. The topological polar surface area (TPSA) is 139 Å². The fourth-order valence-electron chi connectivity index (χ4n) is 2.56. The van der Waals surface area contributed by atoms with E-state index in [2.05, 4.69) is 5.32 Å². The molecule has 27 heavy (non-hydrogen) atoms. The average molecular weight is 366 g/mol. The van der Waals surface area contributed by atoms with Crippen LogP contribution in [0.25, 0.3) is 0 Å². The van der Waals surface area contributed by atoms with Gasteiger partial charge in [0.15, 0.2) is 5.92 Å². The molecule has 0 bridgehead atoms. The molecule has 2 aromatic rings. The van der Waals surface area contributed by atoms with Gasteiger partial charge >= 0.3 is 6.03 Å². The summed E-state index contributed by atoms with van der Waals surface area (Å²) < 4.78 is 0. The molecule has 3 rings (SSSR count). The Kier molecular flexibility index (Phi) is 4.67. The number of rotatable bonds is 4. The fraction of sp³-hybridized carbons (Fsp3) is 0.0556. The number of anilines is 2. The third kappa shape index (κ3) is 3.52. The van der Waals surface area contributed by atoms with Crippen LogP contribution in [0.2, 0.25) is 0 Å². The van der Waals surface area contributed by atoms with Gasteiger partial charge in [0.1, 0.15) is 0 Å². The molecule has 1 heterocycles. The van der Waals surface area contributed by atoms with E-state index in [0.29, 0.717) is 0 Å². The van der Waals surface area contributed by atoms with Crippen LogP contribution in [0.1, 0.15) is 10.4 Å². The first-order valence-corrected chi connectivity index (χ1v) is 7.83. The molecule has 6 amide bonds. The van der Waals surface area contributed by atoms with E-state index < -0.39 is 35.6 Å². The maximum absolute atomic E-state index is 12.6. The van der Waals surface area contributed by atoms with Crippen LogP contribution in [0.15, 0.2) is 54.6 Å². The van der Waals surface area contributed by atoms with Gasteiger partial charge in [0, 0.05) is 11.3 Å². The Morgan fingerprint density at radius 3 is 2.19 bits per heavy atom. The van der Waals surface area contributed by atoms with Crippen molar-refractivity contribution in [2.24, 2.45) is 11.7 Å². The monoisotopic (exact) mass is 366 g/mol. The first kappa shape index (κ1) is 17.8. The summed E-state index contributed by atoms with van der Waals surface area (Å²) in [5, 5.41) is 4.42. The summed E-state index contributed by atoms with van der Waals surface area (Å²) in [6.07, 6.45) is 0. The number of carbonyl (C=O) groups is 5. The highest BCUT2D eigenvalue weighted by Crippen LogP contribution is 2.21. The van der Waals surface area contributed by atoms with Crippen LogP contribution in [0.5, 0.6) is 0 Å². The van der Waals surface area contributed by atoms with E-state index in [9.17, 15) is 24.0 Å². The standard InChI is InChI=1S/C18H14N4O5/c19-14(23)10-6-8-11(9-7-10)20-15(24)13-16(25)21-18(27)22(17(13)26)12-4-2-1-3-5-12/h1-9,13H,(H2,19,23)(H,20,24)(H,21,25,27). The fourth-order valence-corrected chi connectivity index (χ4v) is 2.56. The molecule has 4 N–H and O–H groups in total. The summed E-state index contributed by atoms with van der Waals surface area (Å²) in [7, 11) is 0.